The van der Waals surface area contributed by atoms with E-state index in [0.29, 0.717) is 23.4 Å². The topological polar surface area (TPSA) is 97.2 Å². The minimum Gasteiger partial charge on any atom is -0.489 e. The molecule has 0 aliphatic heterocycles. The van der Waals surface area contributed by atoms with Crippen LogP contribution < -0.4 is 10.1 Å². The van der Waals surface area contributed by atoms with Gasteiger partial charge in [0, 0.05) is 5.41 Å². The highest BCUT2D eigenvalue weighted by molar-refractivity contribution is 5.95. The number of aliphatic hydroxyl groups excluding tert-OH is 1. The van der Waals surface area contributed by atoms with Gasteiger partial charge in [-0.2, -0.15) is 0 Å². The summed E-state index contributed by atoms with van der Waals surface area (Å²) in [7, 11) is 0. The molecule has 2 heterocycles. The second kappa shape index (κ2) is 8.35. The molecule has 0 spiro atoms. The molecular weight excluding hydrogens is 406 g/mol. The minimum absolute atomic E-state index is 0.105. The number of carbonyl (C=O) groups is 1. The Balaban J connectivity index is 1.55. The SMILES string of the molecule is Cc1nc(CO)ncc1OC[C@@]1(c2cccc(F)c2)C[C@H]1C(=O)Nc1ccc(F)cn1. The number of aromatic nitrogens is 3. The zero-order valence-corrected chi connectivity index (χ0v) is 16.7. The minimum atomic E-state index is -0.742. The van der Waals surface area contributed by atoms with Gasteiger partial charge in [0.25, 0.3) is 0 Å². The summed E-state index contributed by atoms with van der Waals surface area (Å²) in [5.41, 5.74) is 0.449. The molecule has 0 unspecified atom stereocenters. The summed E-state index contributed by atoms with van der Waals surface area (Å²) in [4.78, 5) is 24.9. The maximum absolute atomic E-state index is 13.9. The molecule has 3 aromatic rings. The van der Waals surface area contributed by atoms with Crippen molar-refractivity contribution in [3.63, 3.8) is 0 Å². The lowest BCUT2D eigenvalue weighted by Crippen LogP contribution is -2.27. The number of aliphatic hydroxyl groups is 1. The molecule has 2 atom stereocenters. The Bertz CT molecular complexity index is 1110. The summed E-state index contributed by atoms with van der Waals surface area (Å²) in [6.07, 6.45) is 2.93. The van der Waals surface area contributed by atoms with Crippen LogP contribution in [0.2, 0.25) is 0 Å². The maximum atomic E-state index is 13.9. The van der Waals surface area contributed by atoms with E-state index in [1.807, 2.05) is 0 Å². The van der Waals surface area contributed by atoms with E-state index in [9.17, 15) is 13.6 Å². The Morgan fingerprint density at radius 3 is 2.74 bits per heavy atom. The fourth-order valence-corrected chi connectivity index (χ4v) is 3.60. The van der Waals surface area contributed by atoms with E-state index in [0.717, 1.165) is 6.20 Å². The van der Waals surface area contributed by atoms with Crippen LogP contribution >= 0.6 is 0 Å². The molecule has 160 valence electrons. The van der Waals surface area contributed by atoms with Crippen molar-refractivity contribution in [3.8, 4) is 5.75 Å². The summed E-state index contributed by atoms with van der Waals surface area (Å²) in [5, 5.41) is 11.8. The number of hydrogen-bond donors (Lipinski definition) is 2. The van der Waals surface area contributed by atoms with Gasteiger partial charge in [0.2, 0.25) is 5.91 Å². The molecule has 1 fully saturated rings. The summed E-state index contributed by atoms with van der Waals surface area (Å²) in [6, 6.07) is 8.66. The molecule has 9 heteroatoms. The van der Waals surface area contributed by atoms with E-state index in [2.05, 4.69) is 20.3 Å². The highest BCUT2D eigenvalue weighted by atomic mass is 19.1. The Morgan fingerprint density at radius 2 is 2.06 bits per heavy atom. The van der Waals surface area contributed by atoms with E-state index in [1.165, 1.54) is 30.5 Å². The van der Waals surface area contributed by atoms with Crippen LogP contribution in [0.1, 0.15) is 23.5 Å². The predicted molar refractivity (Wildman–Crippen MR) is 107 cm³/mol. The number of benzene rings is 1. The van der Waals surface area contributed by atoms with Crippen molar-refractivity contribution < 1.29 is 23.4 Å². The molecule has 7 nitrogen and oxygen atoms in total. The van der Waals surface area contributed by atoms with E-state index >= 15 is 0 Å². The van der Waals surface area contributed by atoms with Gasteiger partial charge >= 0.3 is 0 Å². The molecular formula is C22H20F2N4O3. The molecule has 0 saturated heterocycles. The maximum Gasteiger partial charge on any atom is 0.229 e. The average molecular weight is 426 g/mol. The summed E-state index contributed by atoms with van der Waals surface area (Å²) in [6.45, 7) is 1.55. The van der Waals surface area contributed by atoms with Crippen molar-refractivity contribution >= 4 is 11.7 Å². The smallest absolute Gasteiger partial charge is 0.229 e. The first-order valence-electron chi connectivity index (χ1n) is 9.66. The quantitative estimate of drug-likeness (QED) is 0.603. The summed E-state index contributed by atoms with van der Waals surface area (Å²) >= 11 is 0. The number of pyridine rings is 1. The van der Waals surface area contributed by atoms with E-state index in [1.54, 1.807) is 19.1 Å². The van der Waals surface area contributed by atoms with E-state index < -0.39 is 23.0 Å². The van der Waals surface area contributed by atoms with Gasteiger partial charge in [0.1, 0.15) is 24.1 Å². The van der Waals surface area contributed by atoms with Crippen molar-refractivity contribution in [2.75, 3.05) is 11.9 Å². The van der Waals surface area contributed by atoms with Crippen molar-refractivity contribution in [2.24, 2.45) is 5.92 Å². The molecule has 31 heavy (non-hydrogen) atoms. The average Bonchev–Trinajstić information content (AvgIpc) is 3.50. The number of aryl methyl sites for hydroxylation is 1. The lowest BCUT2D eigenvalue weighted by molar-refractivity contribution is -0.117. The van der Waals surface area contributed by atoms with Crippen LogP contribution in [0.15, 0.2) is 48.8 Å². The number of nitrogens with one attached hydrogen (secondary N) is 1. The normalized spacial score (nSPS) is 19.7. The highest BCUT2D eigenvalue weighted by Gasteiger charge is 2.60. The van der Waals surface area contributed by atoms with Gasteiger partial charge < -0.3 is 15.2 Å². The standard InChI is InChI=1S/C22H20F2N4O3/c1-13-18(10-26-20(11-29)27-13)31-12-22(14-3-2-4-15(23)7-14)8-17(22)21(30)28-19-6-5-16(24)9-25-19/h2-7,9-10,17,29H,8,11-12H2,1H3,(H,25,28,30)/t17-,22+/m0/s1. The van der Waals surface area contributed by atoms with Crippen molar-refractivity contribution in [3.05, 3.63) is 77.5 Å². The molecule has 2 aromatic heterocycles. The molecule has 4 rings (SSSR count). The third-order valence-electron chi connectivity index (χ3n) is 5.38. The van der Waals surface area contributed by atoms with Crippen LogP contribution in [0.4, 0.5) is 14.6 Å². The first-order valence-corrected chi connectivity index (χ1v) is 9.66. The van der Waals surface area contributed by atoms with Crippen LogP contribution in [0, 0.1) is 24.5 Å². The van der Waals surface area contributed by atoms with Gasteiger partial charge in [-0.05, 0) is 43.2 Å². The number of halogens is 2. The zero-order chi connectivity index (χ0) is 22.0. The third-order valence-corrected chi connectivity index (χ3v) is 5.38. The van der Waals surface area contributed by atoms with Crippen molar-refractivity contribution in [1.82, 2.24) is 15.0 Å². The van der Waals surface area contributed by atoms with Crippen molar-refractivity contribution in [1.29, 1.82) is 0 Å². The monoisotopic (exact) mass is 426 g/mol. The largest absolute Gasteiger partial charge is 0.489 e. The summed E-state index contributed by atoms with van der Waals surface area (Å²) < 4.78 is 32.9. The molecule has 2 N–H and O–H groups in total. The molecule has 1 aliphatic carbocycles. The number of amides is 1. The molecule has 1 aliphatic rings. The zero-order valence-electron chi connectivity index (χ0n) is 16.7. The second-order valence-electron chi connectivity index (χ2n) is 7.46. The Hall–Kier alpha value is -3.46. The first-order chi connectivity index (χ1) is 14.9. The van der Waals surface area contributed by atoms with E-state index in [4.69, 9.17) is 9.84 Å². The molecule has 0 radical (unpaired) electrons. The van der Waals surface area contributed by atoms with Crippen LogP contribution in [-0.2, 0) is 16.8 Å². The fourth-order valence-electron chi connectivity index (χ4n) is 3.60. The molecule has 0 bridgehead atoms. The number of rotatable bonds is 7. The Kier molecular flexibility index (Phi) is 5.60. The van der Waals surface area contributed by atoms with Gasteiger partial charge in [-0.1, -0.05) is 12.1 Å². The summed E-state index contributed by atoms with van der Waals surface area (Å²) in [5.74, 6) is -0.781. The Morgan fingerprint density at radius 1 is 1.23 bits per heavy atom. The fraction of sp³-hybridized carbons (Fsp3) is 0.273. The van der Waals surface area contributed by atoms with Crippen LogP contribution in [0.25, 0.3) is 0 Å². The van der Waals surface area contributed by atoms with Crippen LogP contribution in [0.3, 0.4) is 0 Å². The van der Waals surface area contributed by atoms with Gasteiger partial charge in [-0.25, -0.2) is 23.7 Å². The van der Waals surface area contributed by atoms with Gasteiger partial charge in [-0.3, -0.25) is 4.79 Å². The van der Waals surface area contributed by atoms with Crippen LogP contribution in [-0.4, -0.2) is 32.6 Å². The lowest BCUT2D eigenvalue weighted by Gasteiger charge is -2.19. The first kappa shape index (κ1) is 20.8. The van der Waals surface area contributed by atoms with Gasteiger partial charge in [0.05, 0.1) is 30.6 Å². The highest BCUT2D eigenvalue weighted by Crippen LogP contribution is 2.55. The van der Waals surface area contributed by atoms with Gasteiger partial charge in [0.15, 0.2) is 11.6 Å². The van der Waals surface area contributed by atoms with Crippen LogP contribution in [0.5, 0.6) is 5.75 Å². The van der Waals surface area contributed by atoms with Gasteiger partial charge in [-0.15, -0.1) is 0 Å². The molecule has 1 saturated carbocycles. The number of ether oxygens (including phenoxy) is 1. The number of carbonyl (C=O) groups excluding carboxylic acids is 1. The predicted octanol–water partition coefficient (Wildman–Crippen LogP) is 2.93. The Labute approximate surface area is 177 Å². The number of hydrogen-bond acceptors (Lipinski definition) is 6. The molecule has 1 amide bonds. The number of anilines is 1. The third kappa shape index (κ3) is 4.36. The number of nitrogens with zero attached hydrogens (tertiary/aromatic N) is 3. The lowest BCUT2D eigenvalue weighted by atomic mass is 9.93. The second-order valence-corrected chi connectivity index (χ2v) is 7.46. The molecule has 1 aromatic carbocycles. The van der Waals surface area contributed by atoms with E-state index in [-0.39, 0.29) is 30.8 Å². The van der Waals surface area contributed by atoms with Crippen molar-refractivity contribution in [2.45, 2.75) is 25.4 Å².